The summed E-state index contributed by atoms with van der Waals surface area (Å²) in [5.41, 5.74) is 0.689. The van der Waals surface area contributed by atoms with Crippen molar-refractivity contribution in [1.82, 2.24) is 15.5 Å². The molecule has 0 saturated heterocycles. The summed E-state index contributed by atoms with van der Waals surface area (Å²) >= 11 is 0. The summed E-state index contributed by atoms with van der Waals surface area (Å²) in [7, 11) is 0. The molecule has 1 aromatic heterocycles. The van der Waals surface area contributed by atoms with E-state index in [4.69, 9.17) is 5.11 Å². The Kier molecular flexibility index (Phi) is 5.91. The number of carbonyl (C=O) groups excluding carboxylic acids is 1. The number of aromatic nitrogens is 2. The van der Waals surface area contributed by atoms with Gasteiger partial charge in [-0.1, -0.05) is 17.3 Å². The summed E-state index contributed by atoms with van der Waals surface area (Å²) in [6, 6.07) is 5.85. The Morgan fingerprint density at radius 3 is 2.46 bits per heavy atom. The lowest BCUT2D eigenvalue weighted by molar-refractivity contribution is -0.159. The average Bonchev–Trinajstić information content (AvgIpc) is 3.05. The third-order valence-electron chi connectivity index (χ3n) is 3.19. The molecule has 2 aromatic rings. The van der Waals surface area contributed by atoms with Crippen molar-refractivity contribution in [2.24, 2.45) is 0 Å². The molecule has 0 aliphatic heterocycles. The predicted octanol–water partition coefficient (Wildman–Crippen LogP) is 2.65. The van der Waals surface area contributed by atoms with E-state index in [0.717, 1.165) is 12.8 Å². The monoisotopic (exact) mass is 343 g/mol. The average molecular weight is 343 g/mol. The van der Waals surface area contributed by atoms with Gasteiger partial charge in [-0.15, -0.1) is 0 Å². The molecule has 0 atom stereocenters. The van der Waals surface area contributed by atoms with Crippen molar-refractivity contribution in [3.63, 3.8) is 0 Å². The Labute approximate surface area is 135 Å². The summed E-state index contributed by atoms with van der Waals surface area (Å²) < 4.78 is 41.4. The van der Waals surface area contributed by atoms with Crippen LogP contribution in [0.4, 0.5) is 13.2 Å². The van der Waals surface area contributed by atoms with Crippen molar-refractivity contribution < 1.29 is 27.6 Å². The molecule has 1 aromatic carbocycles. The highest BCUT2D eigenvalue weighted by molar-refractivity contribution is 5.94. The van der Waals surface area contributed by atoms with Gasteiger partial charge in [-0.3, -0.25) is 4.79 Å². The van der Waals surface area contributed by atoms with E-state index in [-0.39, 0.29) is 18.3 Å². The Morgan fingerprint density at radius 2 is 1.88 bits per heavy atom. The van der Waals surface area contributed by atoms with Crippen LogP contribution >= 0.6 is 0 Å². The molecule has 24 heavy (non-hydrogen) atoms. The van der Waals surface area contributed by atoms with Crippen LogP contribution in [0, 0.1) is 0 Å². The quantitative estimate of drug-likeness (QED) is 0.755. The highest BCUT2D eigenvalue weighted by Crippen LogP contribution is 2.29. The molecule has 130 valence electrons. The topological polar surface area (TPSA) is 88.2 Å². The van der Waals surface area contributed by atoms with Gasteiger partial charge in [0.15, 0.2) is 0 Å². The minimum atomic E-state index is -4.69. The maximum Gasteiger partial charge on any atom is 0.471 e. The Bertz CT molecular complexity index is 669. The number of hydrogen-bond donors (Lipinski definition) is 2. The molecule has 1 amide bonds. The maximum absolute atomic E-state index is 12.4. The lowest BCUT2D eigenvalue weighted by Crippen LogP contribution is -2.24. The molecule has 0 saturated carbocycles. The van der Waals surface area contributed by atoms with Gasteiger partial charge >= 0.3 is 12.1 Å². The van der Waals surface area contributed by atoms with Crippen LogP contribution in [-0.4, -0.2) is 34.3 Å². The zero-order valence-electron chi connectivity index (χ0n) is 12.6. The van der Waals surface area contributed by atoms with E-state index < -0.39 is 12.1 Å². The van der Waals surface area contributed by atoms with Gasteiger partial charge in [0.25, 0.3) is 5.91 Å². The maximum atomic E-state index is 12.4. The van der Waals surface area contributed by atoms with Gasteiger partial charge < -0.3 is 14.9 Å². The zero-order chi connectivity index (χ0) is 17.6. The molecule has 1 heterocycles. The number of alkyl halides is 3. The van der Waals surface area contributed by atoms with Crippen molar-refractivity contribution in [1.29, 1.82) is 0 Å². The first kappa shape index (κ1) is 17.9. The molecule has 0 spiro atoms. The van der Waals surface area contributed by atoms with E-state index in [2.05, 4.69) is 20.0 Å². The largest absolute Gasteiger partial charge is 0.471 e. The van der Waals surface area contributed by atoms with Crippen LogP contribution in [0.25, 0.3) is 11.4 Å². The fourth-order valence-corrected chi connectivity index (χ4v) is 1.94. The summed E-state index contributed by atoms with van der Waals surface area (Å²) in [5, 5.41) is 14.7. The van der Waals surface area contributed by atoms with Crippen LogP contribution in [-0.2, 0) is 6.18 Å². The fraction of sp³-hybridized carbons (Fsp3) is 0.400. The van der Waals surface area contributed by atoms with E-state index in [1.807, 2.05) is 0 Å². The van der Waals surface area contributed by atoms with Gasteiger partial charge in [-0.2, -0.15) is 18.2 Å². The molecule has 0 aliphatic carbocycles. The Hall–Kier alpha value is -2.42. The van der Waals surface area contributed by atoms with Gasteiger partial charge in [-0.25, -0.2) is 0 Å². The molecule has 9 heteroatoms. The van der Waals surface area contributed by atoms with Crippen molar-refractivity contribution in [3.8, 4) is 11.4 Å². The molecule has 2 N–H and O–H groups in total. The number of amides is 1. The van der Waals surface area contributed by atoms with Crippen molar-refractivity contribution in [2.75, 3.05) is 13.2 Å². The van der Waals surface area contributed by atoms with E-state index in [1.54, 1.807) is 0 Å². The second-order valence-electron chi connectivity index (χ2n) is 5.04. The minimum Gasteiger partial charge on any atom is -0.396 e. The summed E-state index contributed by atoms with van der Waals surface area (Å²) in [6.45, 7) is 0.613. The van der Waals surface area contributed by atoms with Gasteiger partial charge in [0.05, 0.1) is 0 Å². The van der Waals surface area contributed by atoms with Crippen molar-refractivity contribution in [2.45, 2.75) is 25.4 Å². The summed E-state index contributed by atoms with van der Waals surface area (Å²) in [4.78, 5) is 15.2. The smallest absolute Gasteiger partial charge is 0.396 e. The third-order valence-corrected chi connectivity index (χ3v) is 3.19. The van der Waals surface area contributed by atoms with Crippen molar-refractivity contribution in [3.05, 3.63) is 35.7 Å². The fourth-order valence-electron chi connectivity index (χ4n) is 1.94. The minimum absolute atomic E-state index is 0.127. The molecule has 0 bridgehead atoms. The molecule has 0 fully saturated rings. The zero-order valence-corrected chi connectivity index (χ0v) is 12.6. The lowest BCUT2D eigenvalue weighted by Gasteiger charge is -2.05. The Morgan fingerprint density at radius 1 is 1.17 bits per heavy atom. The Balaban J connectivity index is 1.95. The number of aliphatic hydroxyl groups is 1. The second-order valence-corrected chi connectivity index (χ2v) is 5.04. The number of halogens is 3. The van der Waals surface area contributed by atoms with E-state index in [0.29, 0.717) is 24.1 Å². The van der Waals surface area contributed by atoms with Crippen molar-refractivity contribution >= 4 is 5.91 Å². The lowest BCUT2D eigenvalue weighted by atomic mass is 10.1. The number of unbranched alkanes of at least 4 members (excludes halogenated alkanes) is 2. The number of aliphatic hydroxyl groups excluding tert-OH is 1. The van der Waals surface area contributed by atoms with Gasteiger partial charge in [0.2, 0.25) is 5.82 Å². The van der Waals surface area contributed by atoms with Crippen LogP contribution in [0.15, 0.2) is 28.8 Å². The van der Waals surface area contributed by atoms with Crippen LogP contribution in [0.5, 0.6) is 0 Å². The first-order chi connectivity index (χ1) is 11.4. The number of nitrogens with zero attached hydrogens (tertiary/aromatic N) is 2. The number of benzene rings is 1. The molecular formula is C15H16F3N3O3. The number of rotatable bonds is 7. The van der Waals surface area contributed by atoms with Gasteiger partial charge in [-0.05, 0) is 31.4 Å². The summed E-state index contributed by atoms with van der Waals surface area (Å²) in [6.07, 6.45) is -2.43. The highest BCUT2D eigenvalue weighted by atomic mass is 19.4. The van der Waals surface area contributed by atoms with E-state index >= 15 is 0 Å². The molecule has 2 rings (SSSR count). The standard InChI is InChI=1S/C15H16F3N3O3/c16-15(17,18)14-20-12(21-24-14)10-4-6-11(7-5-10)13(23)19-8-2-1-3-9-22/h4-7,22H,1-3,8-9H2,(H,19,23). The summed E-state index contributed by atoms with van der Waals surface area (Å²) in [5.74, 6) is -1.89. The molecule has 6 nitrogen and oxygen atoms in total. The number of hydrogen-bond acceptors (Lipinski definition) is 5. The van der Waals surface area contributed by atoms with E-state index in [1.165, 1.54) is 24.3 Å². The second kappa shape index (κ2) is 7.91. The van der Waals surface area contributed by atoms with Crippen LogP contribution in [0.3, 0.4) is 0 Å². The first-order valence-electron chi connectivity index (χ1n) is 7.32. The van der Waals surface area contributed by atoms with Gasteiger partial charge in [0, 0.05) is 24.3 Å². The highest BCUT2D eigenvalue weighted by Gasteiger charge is 2.38. The molecule has 0 unspecified atom stereocenters. The van der Waals surface area contributed by atoms with E-state index in [9.17, 15) is 18.0 Å². The predicted molar refractivity (Wildman–Crippen MR) is 78.0 cm³/mol. The molecule has 0 radical (unpaired) electrons. The molecule has 0 aliphatic rings. The van der Waals surface area contributed by atoms with Crippen LogP contribution in [0.1, 0.15) is 35.5 Å². The third kappa shape index (κ3) is 4.79. The first-order valence-corrected chi connectivity index (χ1v) is 7.32. The van der Waals surface area contributed by atoms with Crippen LogP contribution in [0.2, 0.25) is 0 Å². The van der Waals surface area contributed by atoms with Crippen LogP contribution < -0.4 is 5.32 Å². The SMILES string of the molecule is O=C(NCCCCCO)c1ccc(-c2noc(C(F)(F)F)n2)cc1. The number of nitrogens with one attached hydrogen (secondary N) is 1. The molecular weight excluding hydrogens is 327 g/mol. The number of carbonyl (C=O) groups is 1. The van der Waals surface area contributed by atoms with Gasteiger partial charge in [0.1, 0.15) is 0 Å². The normalized spacial score (nSPS) is 11.5.